The lowest BCUT2D eigenvalue weighted by Crippen LogP contribution is -2.17. The molecule has 7 nitrogen and oxygen atoms in total. The first-order chi connectivity index (χ1) is 10.1. The van der Waals surface area contributed by atoms with E-state index in [1.165, 1.54) is 0 Å². The fourth-order valence-corrected chi connectivity index (χ4v) is 2.35. The summed E-state index contributed by atoms with van der Waals surface area (Å²) in [4.78, 5) is 14.8. The van der Waals surface area contributed by atoms with Crippen LogP contribution in [0.1, 0.15) is 25.1 Å². The molecule has 3 rings (SSSR count). The van der Waals surface area contributed by atoms with Crippen molar-refractivity contribution in [3.8, 4) is 0 Å². The van der Waals surface area contributed by atoms with Crippen molar-refractivity contribution in [1.82, 2.24) is 24.5 Å². The molecule has 0 aliphatic carbocycles. The normalized spacial score (nSPS) is 12.9. The summed E-state index contributed by atoms with van der Waals surface area (Å²) in [7, 11) is 0. The second kappa shape index (κ2) is 5.53. The van der Waals surface area contributed by atoms with Crippen LogP contribution < -0.4 is 11.4 Å². The molecule has 0 saturated carbocycles. The first-order valence-electron chi connectivity index (χ1n) is 6.98. The highest BCUT2D eigenvalue weighted by atomic mass is 16.1. The molecular weight excluding hydrogens is 268 g/mol. The van der Waals surface area contributed by atoms with Gasteiger partial charge in [0.1, 0.15) is 0 Å². The molecule has 1 unspecified atom stereocenters. The number of imidazole rings is 1. The molecule has 21 heavy (non-hydrogen) atoms. The summed E-state index contributed by atoms with van der Waals surface area (Å²) in [5.74, 6) is 0. The van der Waals surface area contributed by atoms with Gasteiger partial charge in [-0.3, -0.25) is 9.25 Å². The Kier molecular flexibility index (Phi) is 3.57. The highest BCUT2D eigenvalue weighted by molar-refractivity contribution is 5.74. The number of aromatic amines is 1. The van der Waals surface area contributed by atoms with Crippen LogP contribution in [0.4, 0.5) is 0 Å². The van der Waals surface area contributed by atoms with Crippen molar-refractivity contribution in [3.05, 3.63) is 46.6 Å². The van der Waals surface area contributed by atoms with E-state index in [2.05, 4.69) is 15.3 Å². The quantitative estimate of drug-likeness (QED) is 0.732. The van der Waals surface area contributed by atoms with E-state index >= 15 is 0 Å². The van der Waals surface area contributed by atoms with Gasteiger partial charge in [0.05, 0.1) is 22.9 Å². The van der Waals surface area contributed by atoms with E-state index in [0.717, 1.165) is 23.1 Å². The second-order valence-electron chi connectivity index (χ2n) is 5.15. The zero-order valence-corrected chi connectivity index (χ0v) is 11.9. The Balaban J connectivity index is 1.69. The van der Waals surface area contributed by atoms with E-state index in [1.807, 2.05) is 37.4 Å². The molecule has 0 spiro atoms. The summed E-state index contributed by atoms with van der Waals surface area (Å²) in [5, 5.41) is 8.04. The second-order valence-corrected chi connectivity index (χ2v) is 5.15. The number of hydrogen-bond acceptors (Lipinski definition) is 4. The summed E-state index contributed by atoms with van der Waals surface area (Å²) in [6, 6.07) is 7.57. The summed E-state index contributed by atoms with van der Waals surface area (Å²) in [6.07, 6.45) is 2.65. The molecule has 0 saturated heterocycles. The maximum atomic E-state index is 11.9. The Labute approximate surface area is 121 Å². The molecule has 0 aliphatic heterocycles. The third kappa shape index (κ3) is 2.73. The van der Waals surface area contributed by atoms with Crippen LogP contribution in [0.2, 0.25) is 0 Å². The lowest BCUT2D eigenvalue weighted by atomic mass is 10.3. The zero-order chi connectivity index (χ0) is 14.8. The number of para-hydroxylation sites is 2. The van der Waals surface area contributed by atoms with Gasteiger partial charge in [0.25, 0.3) is 0 Å². The van der Waals surface area contributed by atoms with Crippen molar-refractivity contribution < 1.29 is 0 Å². The highest BCUT2D eigenvalue weighted by Crippen LogP contribution is 2.10. The van der Waals surface area contributed by atoms with Gasteiger partial charge in [-0.25, -0.2) is 4.79 Å². The van der Waals surface area contributed by atoms with Crippen LogP contribution >= 0.6 is 0 Å². The van der Waals surface area contributed by atoms with Gasteiger partial charge in [0.15, 0.2) is 0 Å². The van der Waals surface area contributed by atoms with Crippen molar-refractivity contribution in [2.75, 3.05) is 0 Å². The largest absolute Gasteiger partial charge is 0.326 e. The van der Waals surface area contributed by atoms with Crippen molar-refractivity contribution >= 4 is 11.0 Å². The Bertz CT molecular complexity index is 797. The van der Waals surface area contributed by atoms with Crippen LogP contribution in [0.15, 0.2) is 35.3 Å². The lowest BCUT2D eigenvalue weighted by molar-refractivity contribution is 0.514. The fraction of sp³-hybridized carbons (Fsp3) is 0.357. The van der Waals surface area contributed by atoms with Crippen LogP contribution in [-0.4, -0.2) is 24.5 Å². The summed E-state index contributed by atoms with van der Waals surface area (Å²) < 4.78 is 3.51. The van der Waals surface area contributed by atoms with Crippen LogP contribution in [0, 0.1) is 0 Å². The number of fused-ring (bicyclic) bond motifs is 1. The molecule has 3 N–H and O–H groups in total. The number of nitrogens with two attached hydrogens (primary N) is 1. The van der Waals surface area contributed by atoms with Crippen molar-refractivity contribution in [1.29, 1.82) is 0 Å². The van der Waals surface area contributed by atoms with Gasteiger partial charge in [0, 0.05) is 19.1 Å². The van der Waals surface area contributed by atoms with Gasteiger partial charge < -0.3 is 10.7 Å². The Hall–Kier alpha value is -2.41. The molecule has 110 valence electrons. The number of H-pyrrole nitrogens is 1. The van der Waals surface area contributed by atoms with Gasteiger partial charge in [0.2, 0.25) is 0 Å². The molecule has 0 aliphatic rings. The molecule has 1 atom stereocenters. The molecule has 7 heteroatoms. The SMILES string of the molecule is CC(N)c1cn(CCCn2c(=O)[nH]c3ccccc32)nn1. The fourth-order valence-electron chi connectivity index (χ4n) is 2.35. The van der Waals surface area contributed by atoms with Crippen molar-refractivity contribution in [2.45, 2.75) is 32.5 Å². The van der Waals surface area contributed by atoms with E-state index in [-0.39, 0.29) is 11.7 Å². The number of rotatable bonds is 5. The Morgan fingerprint density at radius 3 is 2.90 bits per heavy atom. The first kappa shape index (κ1) is 13.6. The van der Waals surface area contributed by atoms with Crippen molar-refractivity contribution in [2.24, 2.45) is 5.73 Å². The van der Waals surface area contributed by atoms with Gasteiger partial charge in [-0.15, -0.1) is 5.10 Å². The zero-order valence-electron chi connectivity index (χ0n) is 11.9. The van der Waals surface area contributed by atoms with E-state index in [0.29, 0.717) is 13.1 Å². The predicted molar refractivity (Wildman–Crippen MR) is 79.8 cm³/mol. The molecule has 2 aromatic heterocycles. The molecule has 0 bridgehead atoms. The lowest BCUT2D eigenvalue weighted by Gasteiger charge is -2.03. The average molecular weight is 286 g/mol. The molecule has 2 heterocycles. The number of nitrogens with one attached hydrogen (secondary N) is 1. The van der Waals surface area contributed by atoms with Gasteiger partial charge in [-0.2, -0.15) is 0 Å². The Morgan fingerprint density at radius 1 is 1.33 bits per heavy atom. The van der Waals surface area contributed by atoms with Crippen LogP contribution in [0.25, 0.3) is 11.0 Å². The van der Waals surface area contributed by atoms with E-state index < -0.39 is 0 Å². The molecule has 0 fully saturated rings. The topological polar surface area (TPSA) is 94.5 Å². The minimum atomic E-state index is -0.116. The smallest absolute Gasteiger partial charge is 0.323 e. The third-order valence-electron chi connectivity index (χ3n) is 3.47. The molecule has 3 aromatic rings. The van der Waals surface area contributed by atoms with Crippen molar-refractivity contribution in [3.63, 3.8) is 0 Å². The highest BCUT2D eigenvalue weighted by Gasteiger charge is 2.07. The average Bonchev–Trinajstić information content (AvgIpc) is 3.04. The van der Waals surface area contributed by atoms with Crippen LogP contribution in [0.5, 0.6) is 0 Å². The summed E-state index contributed by atoms with van der Waals surface area (Å²) >= 11 is 0. The number of benzene rings is 1. The van der Waals surface area contributed by atoms with E-state index in [9.17, 15) is 4.79 Å². The monoisotopic (exact) mass is 286 g/mol. The van der Waals surface area contributed by atoms with Gasteiger partial charge >= 0.3 is 5.69 Å². The standard InChI is InChI=1S/C14H18N6O/c1-10(15)12-9-19(18-17-12)7-4-8-20-13-6-3-2-5-11(13)16-14(20)21/h2-3,5-6,9-10H,4,7-8,15H2,1H3,(H,16,21). The summed E-state index contributed by atoms with van der Waals surface area (Å²) in [5.41, 5.74) is 8.24. The number of hydrogen-bond donors (Lipinski definition) is 2. The Morgan fingerprint density at radius 2 is 2.14 bits per heavy atom. The minimum absolute atomic E-state index is 0.0777. The molecule has 0 radical (unpaired) electrons. The van der Waals surface area contributed by atoms with E-state index in [4.69, 9.17) is 5.73 Å². The maximum absolute atomic E-state index is 11.9. The molecular formula is C14H18N6O. The number of aryl methyl sites for hydroxylation is 2. The first-order valence-corrected chi connectivity index (χ1v) is 6.98. The van der Waals surface area contributed by atoms with Crippen LogP contribution in [0.3, 0.4) is 0 Å². The van der Waals surface area contributed by atoms with Gasteiger partial charge in [-0.1, -0.05) is 17.3 Å². The number of aromatic nitrogens is 5. The molecule has 0 amide bonds. The predicted octanol–water partition coefficient (Wildman–Crippen LogP) is 1.03. The van der Waals surface area contributed by atoms with Gasteiger partial charge in [-0.05, 0) is 25.5 Å². The number of nitrogens with zero attached hydrogens (tertiary/aromatic N) is 4. The maximum Gasteiger partial charge on any atom is 0.326 e. The molecule has 1 aromatic carbocycles. The minimum Gasteiger partial charge on any atom is -0.323 e. The van der Waals surface area contributed by atoms with Crippen LogP contribution in [-0.2, 0) is 13.1 Å². The third-order valence-corrected chi connectivity index (χ3v) is 3.47. The summed E-state index contributed by atoms with van der Waals surface area (Å²) in [6.45, 7) is 3.21. The van der Waals surface area contributed by atoms with E-state index in [1.54, 1.807) is 9.25 Å².